The minimum absolute atomic E-state index is 0.0464. The van der Waals surface area contributed by atoms with Crippen LogP contribution in [0.25, 0.3) is 0 Å². The van der Waals surface area contributed by atoms with E-state index in [1.807, 2.05) is 6.07 Å². The van der Waals surface area contributed by atoms with Crippen molar-refractivity contribution in [2.45, 2.75) is 24.3 Å². The Bertz CT molecular complexity index is 535. The highest BCUT2D eigenvalue weighted by Crippen LogP contribution is 2.51. The molecule has 2 aromatic rings. The predicted octanol–water partition coefficient (Wildman–Crippen LogP) is 3.88. The van der Waals surface area contributed by atoms with Gasteiger partial charge in [0.1, 0.15) is 0 Å². The van der Waals surface area contributed by atoms with Gasteiger partial charge in [0.15, 0.2) is 0 Å². The van der Waals surface area contributed by atoms with Crippen molar-refractivity contribution in [2.75, 3.05) is 0 Å². The quantitative estimate of drug-likeness (QED) is 0.915. The van der Waals surface area contributed by atoms with E-state index >= 15 is 0 Å². The molecular formula is C16H16BrN. The summed E-state index contributed by atoms with van der Waals surface area (Å²) >= 11 is 3.47. The van der Waals surface area contributed by atoms with E-state index in [1.54, 1.807) is 0 Å². The lowest BCUT2D eigenvalue weighted by atomic mass is 10.00. The second kappa shape index (κ2) is 4.52. The Balaban J connectivity index is 1.74. The maximum Gasteiger partial charge on any atom is 0.0271 e. The van der Waals surface area contributed by atoms with Crippen molar-refractivity contribution < 1.29 is 0 Å². The first kappa shape index (κ1) is 11.9. The third-order valence-corrected chi connectivity index (χ3v) is 4.30. The molecule has 0 heterocycles. The largest absolute Gasteiger partial charge is 0.324 e. The fraction of sp³-hybridized carbons (Fsp3) is 0.250. The molecule has 0 bridgehead atoms. The molecule has 0 amide bonds. The van der Waals surface area contributed by atoms with Crippen LogP contribution in [0.4, 0.5) is 0 Å². The molecule has 2 atom stereocenters. The van der Waals surface area contributed by atoms with Crippen molar-refractivity contribution in [1.29, 1.82) is 0 Å². The Labute approximate surface area is 116 Å². The summed E-state index contributed by atoms with van der Waals surface area (Å²) in [6.45, 7) is 0. The predicted molar refractivity (Wildman–Crippen MR) is 78.6 cm³/mol. The van der Waals surface area contributed by atoms with Gasteiger partial charge in [0.2, 0.25) is 0 Å². The van der Waals surface area contributed by atoms with Gasteiger partial charge in [0.25, 0.3) is 0 Å². The number of hydrogen-bond donors (Lipinski definition) is 1. The van der Waals surface area contributed by atoms with Crippen molar-refractivity contribution in [3.8, 4) is 0 Å². The van der Waals surface area contributed by atoms with E-state index in [0.29, 0.717) is 5.92 Å². The molecular weight excluding hydrogens is 286 g/mol. The summed E-state index contributed by atoms with van der Waals surface area (Å²) in [5.41, 5.74) is 9.13. The third kappa shape index (κ3) is 2.36. The second-order valence-corrected chi connectivity index (χ2v) is 6.12. The van der Waals surface area contributed by atoms with E-state index in [4.69, 9.17) is 5.73 Å². The first-order chi connectivity index (χ1) is 8.67. The zero-order valence-electron chi connectivity index (χ0n) is 10.1. The van der Waals surface area contributed by atoms with Gasteiger partial charge in [-0.3, -0.25) is 0 Å². The molecule has 0 saturated heterocycles. The highest BCUT2D eigenvalue weighted by atomic mass is 79.9. The van der Waals surface area contributed by atoms with Gasteiger partial charge < -0.3 is 5.73 Å². The van der Waals surface area contributed by atoms with Crippen LogP contribution < -0.4 is 5.73 Å². The molecule has 0 unspecified atom stereocenters. The molecule has 1 nitrogen and oxygen atoms in total. The maximum absolute atomic E-state index is 6.48. The summed E-state index contributed by atoms with van der Waals surface area (Å²) in [4.78, 5) is 0. The molecule has 2 N–H and O–H groups in total. The Hall–Kier alpha value is -1.12. The maximum atomic E-state index is 6.48. The molecule has 2 aromatic carbocycles. The van der Waals surface area contributed by atoms with Crippen LogP contribution in [-0.2, 0) is 6.42 Å². The van der Waals surface area contributed by atoms with E-state index in [9.17, 15) is 0 Å². The van der Waals surface area contributed by atoms with Crippen LogP contribution in [0.3, 0.4) is 0 Å². The van der Waals surface area contributed by atoms with Crippen LogP contribution in [0.15, 0.2) is 59.1 Å². The summed E-state index contributed by atoms with van der Waals surface area (Å²) in [6.07, 6.45) is 2.05. The average Bonchev–Trinajstić information content (AvgIpc) is 3.03. The number of halogens is 1. The van der Waals surface area contributed by atoms with Gasteiger partial charge in [0.05, 0.1) is 0 Å². The molecule has 2 heteroatoms. The Kier molecular flexibility index (Phi) is 3.00. The minimum Gasteiger partial charge on any atom is -0.324 e. The van der Waals surface area contributed by atoms with Gasteiger partial charge in [0, 0.05) is 15.9 Å². The lowest BCUT2D eigenvalue weighted by Gasteiger charge is -2.12. The summed E-state index contributed by atoms with van der Waals surface area (Å²) in [5.74, 6) is 0.505. The van der Waals surface area contributed by atoms with Crippen molar-refractivity contribution in [2.24, 2.45) is 5.73 Å². The van der Waals surface area contributed by atoms with Crippen LogP contribution in [-0.4, -0.2) is 5.54 Å². The van der Waals surface area contributed by atoms with Gasteiger partial charge in [-0.15, -0.1) is 0 Å². The van der Waals surface area contributed by atoms with Crippen LogP contribution >= 0.6 is 15.9 Å². The van der Waals surface area contributed by atoms with Gasteiger partial charge >= 0.3 is 0 Å². The van der Waals surface area contributed by atoms with Crippen LogP contribution in [0.5, 0.6) is 0 Å². The fourth-order valence-corrected chi connectivity index (χ4v) is 2.90. The normalized spacial score (nSPS) is 26.0. The number of benzene rings is 2. The highest BCUT2D eigenvalue weighted by Gasteiger charge is 2.51. The molecule has 1 fully saturated rings. The molecule has 1 saturated carbocycles. The molecule has 1 aliphatic carbocycles. The van der Waals surface area contributed by atoms with E-state index in [0.717, 1.165) is 17.3 Å². The number of hydrogen-bond acceptors (Lipinski definition) is 1. The standard InChI is InChI=1S/C16H16BrN/c17-14-8-6-13(7-9-14)15-11-16(15,18)10-12-4-2-1-3-5-12/h1-9,15H,10-11,18H2/t15-,16+/m1/s1. The molecule has 0 aliphatic heterocycles. The molecule has 92 valence electrons. The molecule has 0 radical (unpaired) electrons. The van der Waals surface area contributed by atoms with Crippen LogP contribution in [0.1, 0.15) is 23.5 Å². The Morgan fingerprint density at radius 1 is 1.06 bits per heavy atom. The van der Waals surface area contributed by atoms with E-state index < -0.39 is 0 Å². The first-order valence-corrected chi connectivity index (χ1v) is 7.05. The molecule has 18 heavy (non-hydrogen) atoms. The lowest BCUT2D eigenvalue weighted by Crippen LogP contribution is -2.27. The molecule has 3 rings (SSSR count). The SMILES string of the molecule is N[C@@]1(Cc2ccccc2)C[C@@H]1c1ccc(Br)cc1. The summed E-state index contributed by atoms with van der Waals surface area (Å²) in [6, 6.07) is 19.1. The first-order valence-electron chi connectivity index (χ1n) is 6.26. The zero-order chi connectivity index (χ0) is 12.6. The highest BCUT2D eigenvalue weighted by molar-refractivity contribution is 9.10. The van der Waals surface area contributed by atoms with E-state index in [-0.39, 0.29) is 5.54 Å². The molecule has 1 aliphatic rings. The van der Waals surface area contributed by atoms with Crippen molar-refractivity contribution >= 4 is 15.9 Å². The van der Waals surface area contributed by atoms with Crippen molar-refractivity contribution in [1.82, 2.24) is 0 Å². The van der Waals surface area contributed by atoms with Gasteiger partial charge in [-0.05, 0) is 36.1 Å². The minimum atomic E-state index is -0.0464. The fourth-order valence-electron chi connectivity index (χ4n) is 2.64. The topological polar surface area (TPSA) is 26.0 Å². The van der Waals surface area contributed by atoms with E-state index in [1.165, 1.54) is 11.1 Å². The smallest absolute Gasteiger partial charge is 0.0271 e. The molecule has 0 spiro atoms. The van der Waals surface area contributed by atoms with Gasteiger partial charge in [-0.1, -0.05) is 58.4 Å². The Morgan fingerprint density at radius 3 is 2.39 bits per heavy atom. The summed E-state index contributed by atoms with van der Waals surface area (Å²) < 4.78 is 1.12. The van der Waals surface area contributed by atoms with Gasteiger partial charge in [-0.2, -0.15) is 0 Å². The zero-order valence-corrected chi connectivity index (χ0v) is 11.7. The van der Waals surface area contributed by atoms with Crippen LogP contribution in [0, 0.1) is 0 Å². The van der Waals surface area contributed by atoms with Crippen LogP contribution in [0.2, 0.25) is 0 Å². The molecule has 0 aromatic heterocycles. The average molecular weight is 302 g/mol. The van der Waals surface area contributed by atoms with E-state index in [2.05, 4.69) is 64.5 Å². The van der Waals surface area contributed by atoms with Gasteiger partial charge in [-0.25, -0.2) is 0 Å². The Morgan fingerprint density at radius 2 is 1.72 bits per heavy atom. The summed E-state index contributed by atoms with van der Waals surface area (Å²) in [7, 11) is 0. The number of rotatable bonds is 3. The van der Waals surface area contributed by atoms with Crippen molar-refractivity contribution in [3.05, 3.63) is 70.2 Å². The lowest BCUT2D eigenvalue weighted by molar-refractivity contribution is 0.646. The third-order valence-electron chi connectivity index (χ3n) is 3.77. The summed E-state index contributed by atoms with van der Waals surface area (Å²) in [5, 5.41) is 0. The second-order valence-electron chi connectivity index (χ2n) is 5.20. The van der Waals surface area contributed by atoms with Crippen molar-refractivity contribution in [3.63, 3.8) is 0 Å². The monoisotopic (exact) mass is 301 g/mol. The number of nitrogens with two attached hydrogens (primary N) is 1.